The van der Waals surface area contributed by atoms with Crippen molar-refractivity contribution in [1.82, 2.24) is 10.3 Å². The lowest BCUT2D eigenvalue weighted by atomic mass is 10.2. The number of aryl methyl sites for hydroxylation is 1. The third kappa shape index (κ3) is 3.15. The summed E-state index contributed by atoms with van der Waals surface area (Å²) in [6.07, 6.45) is -0.134. The first-order valence-corrected chi connectivity index (χ1v) is 8.22. The van der Waals surface area contributed by atoms with Gasteiger partial charge in [-0.3, -0.25) is 4.79 Å². The Morgan fingerprint density at radius 1 is 1.20 bits per heavy atom. The van der Waals surface area contributed by atoms with Crippen molar-refractivity contribution in [2.24, 2.45) is 0 Å². The van der Waals surface area contributed by atoms with Crippen LogP contribution in [0.15, 0.2) is 46.9 Å². The Balaban J connectivity index is 1.34. The zero-order valence-electron chi connectivity index (χ0n) is 13.8. The van der Waals surface area contributed by atoms with Crippen LogP contribution in [0.5, 0.6) is 11.5 Å². The number of nitrogens with one attached hydrogen (secondary N) is 1. The zero-order chi connectivity index (χ0) is 17.2. The summed E-state index contributed by atoms with van der Waals surface area (Å²) < 4.78 is 16.9. The molecule has 0 bridgehead atoms. The highest BCUT2D eigenvalue weighted by Crippen LogP contribution is 2.30. The maximum Gasteiger partial charge on any atom is 0.264 e. The molecule has 2 aromatic carbocycles. The maximum absolute atomic E-state index is 12.3. The van der Waals surface area contributed by atoms with Gasteiger partial charge < -0.3 is 19.2 Å². The van der Waals surface area contributed by atoms with Crippen LogP contribution in [0, 0.1) is 6.92 Å². The summed E-state index contributed by atoms with van der Waals surface area (Å²) in [6, 6.07) is 13.1. The summed E-state index contributed by atoms with van der Waals surface area (Å²) in [5, 5.41) is 2.85. The molecule has 1 N–H and O–H groups in total. The lowest BCUT2D eigenvalue weighted by Crippen LogP contribution is -2.44. The average Bonchev–Trinajstić information content (AvgIpc) is 3.05. The van der Waals surface area contributed by atoms with Crippen molar-refractivity contribution in [3.05, 3.63) is 53.9 Å². The minimum absolute atomic E-state index is 0.199. The van der Waals surface area contributed by atoms with Gasteiger partial charge in [0.25, 0.3) is 5.91 Å². The van der Waals surface area contributed by atoms with Crippen molar-refractivity contribution in [2.45, 2.75) is 19.4 Å². The fourth-order valence-electron chi connectivity index (χ4n) is 2.79. The van der Waals surface area contributed by atoms with E-state index in [9.17, 15) is 4.79 Å². The molecule has 0 aliphatic carbocycles. The second-order valence-electron chi connectivity index (χ2n) is 5.93. The summed E-state index contributed by atoms with van der Waals surface area (Å²) in [6.45, 7) is 2.62. The van der Waals surface area contributed by atoms with Crippen LogP contribution in [0.25, 0.3) is 11.1 Å². The highest BCUT2D eigenvalue weighted by atomic mass is 16.6. The Morgan fingerprint density at radius 2 is 2.04 bits per heavy atom. The molecule has 1 aromatic heterocycles. The van der Waals surface area contributed by atoms with Gasteiger partial charge in [-0.15, -0.1) is 0 Å². The first kappa shape index (κ1) is 15.5. The Morgan fingerprint density at radius 3 is 2.88 bits per heavy atom. The Kier molecular flexibility index (Phi) is 4.01. The van der Waals surface area contributed by atoms with Crippen molar-refractivity contribution in [2.75, 3.05) is 13.2 Å². The molecule has 3 aromatic rings. The monoisotopic (exact) mass is 338 g/mol. The van der Waals surface area contributed by atoms with E-state index in [1.54, 1.807) is 6.07 Å². The highest BCUT2D eigenvalue weighted by molar-refractivity contribution is 5.81. The van der Waals surface area contributed by atoms with Gasteiger partial charge in [-0.05, 0) is 30.7 Å². The van der Waals surface area contributed by atoms with Crippen LogP contribution in [0.3, 0.4) is 0 Å². The quantitative estimate of drug-likeness (QED) is 0.792. The minimum Gasteiger partial charge on any atom is -0.485 e. The molecule has 128 valence electrons. The van der Waals surface area contributed by atoms with E-state index in [1.807, 2.05) is 43.3 Å². The summed E-state index contributed by atoms with van der Waals surface area (Å²) in [5.74, 6) is 1.65. The smallest absolute Gasteiger partial charge is 0.264 e. The molecular weight excluding hydrogens is 320 g/mol. The number of rotatable bonds is 4. The van der Waals surface area contributed by atoms with Crippen molar-refractivity contribution in [1.29, 1.82) is 0 Å². The van der Waals surface area contributed by atoms with E-state index >= 15 is 0 Å². The van der Waals surface area contributed by atoms with Gasteiger partial charge in [0.2, 0.25) is 6.10 Å². The number of aromatic nitrogens is 1. The molecule has 4 rings (SSSR count). The van der Waals surface area contributed by atoms with Gasteiger partial charge >= 0.3 is 0 Å². The average molecular weight is 338 g/mol. The van der Waals surface area contributed by atoms with Gasteiger partial charge in [0.1, 0.15) is 12.1 Å². The molecule has 0 saturated carbocycles. The molecule has 1 atom stereocenters. The molecule has 1 aliphatic heterocycles. The van der Waals surface area contributed by atoms with Gasteiger partial charge in [-0.2, -0.15) is 0 Å². The lowest BCUT2D eigenvalue weighted by molar-refractivity contribution is -0.130. The van der Waals surface area contributed by atoms with E-state index in [2.05, 4.69) is 10.3 Å². The molecule has 1 aliphatic rings. The Bertz CT molecular complexity index is 919. The molecule has 6 nitrogen and oxygen atoms in total. The number of nitrogens with zero attached hydrogens (tertiary/aromatic N) is 1. The van der Waals surface area contributed by atoms with Gasteiger partial charge in [-0.25, -0.2) is 4.98 Å². The van der Waals surface area contributed by atoms with Crippen LogP contribution in [-0.2, 0) is 11.2 Å². The van der Waals surface area contributed by atoms with Gasteiger partial charge in [0, 0.05) is 13.0 Å². The number of ether oxygens (including phenoxy) is 2. The van der Waals surface area contributed by atoms with Crippen molar-refractivity contribution in [3.63, 3.8) is 0 Å². The number of benzene rings is 2. The third-order valence-electron chi connectivity index (χ3n) is 4.10. The normalized spacial score (nSPS) is 16.0. The standard InChI is InChI=1S/C19H18N2O4/c1-12-5-4-8-15-18(12)21-17(25-15)9-10-20-19(22)16-11-23-13-6-2-3-7-14(13)24-16/h2-8,16H,9-11H2,1H3,(H,20,22)/t16-/m1/s1. The third-order valence-corrected chi connectivity index (χ3v) is 4.10. The fraction of sp³-hybridized carbons (Fsp3) is 0.263. The molecule has 0 radical (unpaired) electrons. The van der Waals surface area contributed by atoms with Crippen molar-refractivity contribution >= 4 is 17.0 Å². The summed E-state index contributed by atoms with van der Waals surface area (Å²) in [4.78, 5) is 16.7. The van der Waals surface area contributed by atoms with Crippen molar-refractivity contribution < 1.29 is 18.7 Å². The highest BCUT2D eigenvalue weighted by Gasteiger charge is 2.26. The topological polar surface area (TPSA) is 73.6 Å². The first-order valence-electron chi connectivity index (χ1n) is 8.22. The van der Waals surface area contributed by atoms with Crippen LogP contribution in [0.1, 0.15) is 11.5 Å². The second kappa shape index (κ2) is 6.47. The van der Waals surface area contributed by atoms with Gasteiger partial charge in [0.05, 0.1) is 0 Å². The number of oxazole rings is 1. The number of hydrogen-bond donors (Lipinski definition) is 1. The maximum atomic E-state index is 12.3. The number of amides is 1. The molecule has 0 unspecified atom stereocenters. The zero-order valence-corrected chi connectivity index (χ0v) is 13.8. The Labute approximate surface area is 144 Å². The van der Waals surface area contributed by atoms with E-state index in [1.165, 1.54) is 0 Å². The van der Waals surface area contributed by atoms with Gasteiger partial charge in [-0.1, -0.05) is 24.3 Å². The van der Waals surface area contributed by atoms with E-state index in [4.69, 9.17) is 13.9 Å². The van der Waals surface area contributed by atoms with Crippen molar-refractivity contribution in [3.8, 4) is 11.5 Å². The van der Waals surface area contributed by atoms with E-state index in [0.29, 0.717) is 30.4 Å². The minimum atomic E-state index is -0.652. The van der Waals surface area contributed by atoms with Crippen LogP contribution < -0.4 is 14.8 Å². The SMILES string of the molecule is Cc1cccc2oc(CCNC(=O)[C@H]3COc4ccccc4O3)nc12. The second-order valence-corrected chi connectivity index (χ2v) is 5.93. The summed E-state index contributed by atoms with van der Waals surface area (Å²) in [5.41, 5.74) is 2.70. The van der Waals surface area contributed by atoms with Crippen LogP contribution in [0.2, 0.25) is 0 Å². The molecule has 0 fully saturated rings. The van der Waals surface area contributed by atoms with Gasteiger partial charge in [0.15, 0.2) is 23.0 Å². The van der Waals surface area contributed by atoms with Crippen LogP contribution in [0.4, 0.5) is 0 Å². The van der Waals surface area contributed by atoms with Crippen LogP contribution >= 0.6 is 0 Å². The summed E-state index contributed by atoms with van der Waals surface area (Å²) in [7, 11) is 0. The number of fused-ring (bicyclic) bond motifs is 2. The largest absolute Gasteiger partial charge is 0.485 e. The first-order chi connectivity index (χ1) is 12.2. The number of hydrogen-bond acceptors (Lipinski definition) is 5. The predicted molar refractivity (Wildman–Crippen MR) is 91.8 cm³/mol. The predicted octanol–water partition coefficient (Wildman–Crippen LogP) is 2.63. The molecule has 6 heteroatoms. The van der Waals surface area contributed by atoms with E-state index in [0.717, 1.165) is 16.7 Å². The molecule has 1 amide bonds. The number of carbonyl (C=O) groups is 1. The lowest BCUT2D eigenvalue weighted by Gasteiger charge is -2.25. The molecule has 2 heterocycles. The molecule has 0 spiro atoms. The van der Waals surface area contributed by atoms with E-state index in [-0.39, 0.29) is 12.5 Å². The molecule has 0 saturated heterocycles. The summed E-state index contributed by atoms with van der Waals surface area (Å²) >= 11 is 0. The number of para-hydroxylation sites is 3. The van der Waals surface area contributed by atoms with Crippen LogP contribution in [-0.4, -0.2) is 30.1 Å². The molecular formula is C19H18N2O4. The Hall–Kier alpha value is -3.02. The fourth-order valence-corrected chi connectivity index (χ4v) is 2.79. The molecule has 25 heavy (non-hydrogen) atoms. The van der Waals surface area contributed by atoms with E-state index < -0.39 is 6.10 Å². The number of carbonyl (C=O) groups excluding carboxylic acids is 1.